The van der Waals surface area contributed by atoms with Gasteiger partial charge >= 0.3 is 0 Å². The Kier molecular flexibility index (Phi) is 10.6. The predicted octanol–water partition coefficient (Wildman–Crippen LogP) is 24.3. The lowest BCUT2D eigenvalue weighted by Crippen LogP contribution is -1.95. The number of fused-ring (bicyclic) bond motifs is 21. The lowest BCUT2D eigenvalue weighted by atomic mass is 9.91. The van der Waals surface area contributed by atoms with Crippen molar-refractivity contribution >= 4 is 136 Å². The van der Waals surface area contributed by atoms with Crippen molar-refractivity contribution in [3.8, 4) is 61.6 Å². The first-order valence-corrected chi connectivity index (χ1v) is 32.5. The Hall–Kier alpha value is -12.5. The Labute approximate surface area is 539 Å². The van der Waals surface area contributed by atoms with E-state index in [1.54, 1.807) is 0 Å². The molecular weight excluding hydrogens is 1140 g/mol. The molecule has 0 saturated carbocycles. The molecule has 0 bridgehead atoms. The molecule has 0 fully saturated rings. The highest BCUT2D eigenvalue weighted by molar-refractivity contribution is 6.27. The predicted molar refractivity (Wildman–Crippen MR) is 398 cm³/mol. The molecule has 4 heteroatoms. The fourth-order valence-corrected chi connectivity index (χ4v) is 16.5. The van der Waals surface area contributed by atoms with Gasteiger partial charge in [-0.3, -0.25) is 0 Å². The maximum Gasteiger partial charge on any atom is 0.0620 e. The molecule has 434 valence electrons. The van der Waals surface area contributed by atoms with E-state index in [4.69, 9.17) is 0 Å². The van der Waals surface area contributed by atoms with Crippen LogP contribution in [0.25, 0.3) is 197 Å². The van der Waals surface area contributed by atoms with Crippen molar-refractivity contribution in [2.45, 2.75) is 0 Å². The van der Waals surface area contributed by atoms with E-state index in [1.807, 2.05) is 0 Å². The number of nitrogens with zero attached hydrogens (tertiary/aromatic N) is 4. The Bertz CT molecular complexity index is 6680. The van der Waals surface area contributed by atoms with Crippen molar-refractivity contribution in [1.29, 1.82) is 0 Å². The van der Waals surface area contributed by atoms with Crippen LogP contribution in [-0.4, -0.2) is 18.1 Å². The highest BCUT2D eigenvalue weighted by Gasteiger charge is 2.22. The molecule has 16 aromatic carbocycles. The lowest BCUT2D eigenvalue weighted by Gasteiger charge is -2.15. The molecule has 0 saturated heterocycles. The van der Waals surface area contributed by atoms with Crippen LogP contribution in [0.5, 0.6) is 0 Å². The van der Waals surface area contributed by atoms with Crippen molar-refractivity contribution in [3.05, 3.63) is 328 Å². The van der Waals surface area contributed by atoms with E-state index >= 15 is 0 Å². The zero-order valence-corrected chi connectivity index (χ0v) is 51.0. The van der Waals surface area contributed by atoms with E-state index in [2.05, 4.69) is 346 Å². The van der Waals surface area contributed by atoms with Crippen LogP contribution in [0.15, 0.2) is 328 Å². The molecule has 0 aliphatic carbocycles. The molecule has 0 aliphatic heterocycles. The third-order valence-corrected chi connectivity index (χ3v) is 20.6. The molecule has 21 rings (SSSR count). The van der Waals surface area contributed by atoms with E-state index in [0.29, 0.717) is 0 Å². The largest absolute Gasteiger partial charge is 0.309 e. The van der Waals surface area contributed by atoms with E-state index in [9.17, 15) is 0 Å². The fraction of sp³-hybridized carbons (Fsp3) is 0. The summed E-state index contributed by atoms with van der Waals surface area (Å²) in [6.07, 6.45) is 0. The molecule has 0 amide bonds. The zero-order chi connectivity index (χ0) is 61.3. The summed E-state index contributed by atoms with van der Waals surface area (Å²) < 4.78 is 9.75. The number of aromatic nitrogens is 4. The fourth-order valence-electron chi connectivity index (χ4n) is 16.5. The second-order valence-corrected chi connectivity index (χ2v) is 25.5. The molecule has 0 unspecified atom stereocenters. The van der Waals surface area contributed by atoms with Crippen molar-refractivity contribution in [2.24, 2.45) is 0 Å². The van der Waals surface area contributed by atoms with Gasteiger partial charge in [-0.05, 0) is 204 Å². The molecule has 21 aromatic rings. The molecule has 0 radical (unpaired) electrons. The van der Waals surface area contributed by atoms with Crippen LogP contribution < -0.4 is 0 Å². The third kappa shape index (κ3) is 7.33. The van der Waals surface area contributed by atoms with E-state index in [0.717, 1.165) is 11.4 Å². The second kappa shape index (κ2) is 19.5. The van der Waals surface area contributed by atoms with Gasteiger partial charge in [0.1, 0.15) is 0 Å². The first kappa shape index (κ1) is 51.3. The van der Waals surface area contributed by atoms with Gasteiger partial charge in [-0.2, -0.15) is 0 Å². The van der Waals surface area contributed by atoms with Crippen molar-refractivity contribution in [3.63, 3.8) is 0 Å². The van der Waals surface area contributed by atoms with Gasteiger partial charge in [0, 0.05) is 70.9 Å². The Morgan fingerprint density at radius 1 is 0.138 bits per heavy atom. The van der Waals surface area contributed by atoms with E-state index in [-0.39, 0.29) is 0 Å². The minimum atomic E-state index is 1.13. The normalized spacial score (nSPS) is 12.3. The van der Waals surface area contributed by atoms with Crippen molar-refractivity contribution < 1.29 is 0 Å². The van der Waals surface area contributed by atoms with Gasteiger partial charge in [-0.15, -0.1) is 0 Å². The molecule has 0 spiro atoms. The highest BCUT2D eigenvalue weighted by Crippen LogP contribution is 2.46. The standard InChI is InChI=1S/C90H54N4/c1-2-21-63(22-3-1)91-82-31-11-6-26-70(82)77-49-59(37-43-87(77)91)60-38-44-89-78(50-60)71-27-8-13-33-84(71)93(89)65-40-42-69-68-41-36-58(48-75(68)66-24-4-5-25-67(66)76(69)54-65)56-19-16-18-55(46-56)57-20-17-23-64(47-57)92-83-32-12-7-28-72(83)79-51-61(39-45-88(79)92)62-52-80-73-29-9-14-34-85(73)94-86-35-15-10-30-74(86)81(53-62)90(80)94/h1-54H. The molecule has 4 nitrogen and oxygen atoms in total. The first-order valence-electron chi connectivity index (χ1n) is 32.5. The summed E-state index contributed by atoms with van der Waals surface area (Å²) in [6.45, 7) is 0. The molecule has 5 heterocycles. The van der Waals surface area contributed by atoms with Crippen LogP contribution in [0.1, 0.15) is 0 Å². The third-order valence-electron chi connectivity index (χ3n) is 20.6. The minimum absolute atomic E-state index is 1.13. The molecular formula is C90H54N4. The van der Waals surface area contributed by atoms with Crippen LogP contribution in [0.4, 0.5) is 0 Å². The molecule has 94 heavy (non-hydrogen) atoms. The summed E-state index contributed by atoms with van der Waals surface area (Å²) in [5, 5.41) is 20.1. The smallest absolute Gasteiger partial charge is 0.0620 e. The summed E-state index contributed by atoms with van der Waals surface area (Å²) >= 11 is 0. The zero-order valence-electron chi connectivity index (χ0n) is 51.0. The number of hydrogen-bond acceptors (Lipinski definition) is 0. The average Bonchev–Trinajstić information content (AvgIpc) is 1.42. The van der Waals surface area contributed by atoms with Gasteiger partial charge in [0.05, 0.1) is 49.7 Å². The molecule has 5 aromatic heterocycles. The summed E-state index contributed by atoms with van der Waals surface area (Å²) in [4.78, 5) is 0. The molecule has 0 N–H and O–H groups in total. The highest BCUT2D eigenvalue weighted by atomic mass is 15.0. The van der Waals surface area contributed by atoms with Crippen LogP contribution in [-0.2, 0) is 0 Å². The van der Waals surface area contributed by atoms with Gasteiger partial charge in [-0.1, -0.05) is 200 Å². The van der Waals surface area contributed by atoms with Crippen LogP contribution in [0.2, 0.25) is 0 Å². The number of benzene rings is 16. The van der Waals surface area contributed by atoms with E-state index < -0.39 is 0 Å². The lowest BCUT2D eigenvalue weighted by molar-refractivity contribution is 1.18. The van der Waals surface area contributed by atoms with Crippen molar-refractivity contribution in [2.75, 3.05) is 0 Å². The summed E-state index contributed by atoms with van der Waals surface area (Å²) in [5.74, 6) is 0. The summed E-state index contributed by atoms with van der Waals surface area (Å²) in [7, 11) is 0. The first-order chi connectivity index (χ1) is 46.6. The number of rotatable bonds is 7. The number of para-hydroxylation sites is 6. The van der Waals surface area contributed by atoms with Gasteiger partial charge in [-0.25, -0.2) is 0 Å². The Morgan fingerprint density at radius 3 is 0.957 bits per heavy atom. The summed E-state index contributed by atoms with van der Waals surface area (Å²) in [6, 6.07) is 122. The molecule has 0 atom stereocenters. The van der Waals surface area contributed by atoms with Gasteiger partial charge in [0.2, 0.25) is 0 Å². The maximum atomic E-state index is 2.46. The van der Waals surface area contributed by atoms with Crippen LogP contribution in [0, 0.1) is 0 Å². The van der Waals surface area contributed by atoms with Crippen LogP contribution in [0.3, 0.4) is 0 Å². The van der Waals surface area contributed by atoms with E-state index in [1.165, 1.54) is 186 Å². The SMILES string of the molecule is c1ccc(-n2c3ccccc3c3cc(-c4ccc5c(c4)c4ccccc4n5-c4ccc5c6ccc(-c7cccc(-c8cccc(-n9c%10ccccc%10c%10cc(-c%11cc%12c%13ccccc%13n%13c%14ccccc%14c(c%11)c%12%13)ccc%109)c8)c7)cc6c6ccccc6c5c4)ccc32)cc1. The van der Waals surface area contributed by atoms with Crippen molar-refractivity contribution in [1.82, 2.24) is 18.1 Å². The summed E-state index contributed by atoms with van der Waals surface area (Å²) in [5.41, 5.74) is 24.0. The van der Waals surface area contributed by atoms with Crippen LogP contribution >= 0.6 is 0 Å². The maximum absolute atomic E-state index is 2.46. The Morgan fingerprint density at radius 2 is 0.447 bits per heavy atom. The Balaban J connectivity index is 0.632. The molecule has 0 aliphatic rings. The average molecular weight is 1190 g/mol. The second-order valence-electron chi connectivity index (χ2n) is 25.5. The van der Waals surface area contributed by atoms with Gasteiger partial charge in [0.15, 0.2) is 0 Å². The monoisotopic (exact) mass is 1190 g/mol. The quantitative estimate of drug-likeness (QED) is 0.142. The minimum Gasteiger partial charge on any atom is -0.309 e. The topological polar surface area (TPSA) is 19.2 Å². The number of hydrogen-bond donors (Lipinski definition) is 0. The van der Waals surface area contributed by atoms with Gasteiger partial charge in [0.25, 0.3) is 0 Å². The van der Waals surface area contributed by atoms with Gasteiger partial charge < -0.3 is 18.1 Å².